The zero-order valence-corrected chi connectivity index (χ0v) is 19.7. The molecule has 0 aromatic heterocycles. The fraction of sp³-hybridized carbons (Fsp3) is 0.680. The number of rotatable bonds is 14. The van der Waals surface area contributed by atoms with Gasteiger partial charge in [0.2, 0.25) is 0 Å². The summed E-state index contributed by atoms with van der Waals surface area (Å²) in [5.74, 6) is -3.17. The molecule has 0 heterocycles. The lowest BCUT2D eigenvalue weighted by Gasteiger charge is -2.39. The molecule has 1 aromatic carbocycles. The van der Waals surface area contributed by atoms with Gasteiger partial charge in [0.1, 0.15) is 6.61 Å². The second kappa shape index (κ2) is 17.9. The van der Waals surface area contributed by atoms with Gasteiger partial charge in [-0.1, -0.05) is 83.7 Å². The largest absolute Gasteiger partial charge is 0.539 e. The Morgan fingerprint density at radius 2 is 1.17 bits per heavy atom. The van der Waals surface area contributed by atoms with E-state index >= 15 is 0 Å². The van der Waals surface area contributed by atoms with Crippen LogP contribution in [0.5, 0.6) is 0 Å². The van der Waals surface area contributed by atoms with Crippen molar-refractivity contribution in [3.63, 3.8) is 0 Å². The Balaban J connectivity index is 0.000000579. The number of quaternary nitrogens is 1. The number of carbonyl (C=O) groups is 2. The number of hydrogen-bond acceptors (Lipinski definition) is 4. The number of esters is 1. The third-order valence-corrected chi connectivity index (χ3v) is 5.32. The Kier molecular flexibility index (Phi) is 16.8. The molecule has 30 heavy (non-hydrogen) atoms. The van der Waals surface area contributed by atoms with Crippen LogP contribution in [-0.2, 0) is 20.9 Å². The average molecular weight is 422 g/mol. The molecule has 5 heteroatoms. The van der Waals surface area contributed by atoms with Gasteiger partial charge in [-0.25, -0.2) is 4.79 Å². The van der Waals surface area contributed by atoms with Gasteiger partial charge in [-0.15, -0.1) is 0 Å². The van der Waals surface area contributed by atoms with Gasteiger partial charge in [0.25, 0.3) is 0 Å². The van der Waals surface area contributed by atoms with Gasteiger partial charge in [0.05, 0.1) is 26.2 Å². The molecule has 0 atom stereocenters. The third kappa shape index (κ3) is 13.4. The highest BCUT2D eigenvalue weighted by Gasteiger charge is 2.24. The fourth-order valence-corrected chi connectivity index (χ4v) is 3.43. The molecular weight excluding hydrogens is 378 g/mol. The smallest absolute Gasteiger partial charge is 0.354 e. The minimum Gasteiger partial charge on any atom is -0.539 e. The minimum absolute atomic E-state index is 0.0480. The topological polar surface area (TPSA) is 66.4 Å². The number of carboxylic acid groups (broad SMARTS) is 1. The van der Waals surface area contributed by atoms with Crippen molar-refractivity contribution < 1.29 is 23.9 Å². The standard InChI is InChI=1S/C16H36N.C9H8O4/c1-5-9-13-17(14-10-6-2,15-11-7-3)16-12-8-4;10-8(11)9(12)13-6-7-4-2-1-3-5-7/h5-16H2,1-4H3;1-5H,6H2,(H,10,11)/q+1;/p-1. The van der Waals surface area contributed by atoms with Crippen LogP contribution in [0.3, 0.4) is 0 Å². The van der Waals surface area contributed by atoms with E-state index in [0.29, 0.717) is 0 Å². The molecule has 0 spiro atoms. The summed E-state index contributed by atoms with van der Waals surface area (Å²) in [7, 11) is 0. The van der Waals surface area contributed by atoms with Crippen LogP contribution in [0.1, 0.15) is 84.6 Å². The third-order valence-electron chi connectivity index (χ3n) is 5.32. The highest BCUT2D eigenvalue weighted by atomic mass is 16.6. The molecular formula is C25H43NO4. The Bertz CT molecular complexity index is 522. The van der Waals surface area contributed by atoms with Crippen LogP contribution < -0.4 is 5.11 Å². The van der Waals surface area contributed by atoms with Gasteiger partial charge in [-0.3, -0.25) is 0 Å². The van der Waals surface area contributed by atoms with E-state index < -0.39 is 11.9 Å². The predicted molar refractivity (Wildman–Crippen MR) is 121 cm³/mol. The van der Waals surface area contributed by atoms with E-state index in [2.05, 4.69) is 32.4 Å². The molecule has 0 aliphatic carbocycles. The monoisotopic (exact) mass is 421 g/mol. The molecule has 1 rings (SSSR count). The van der Waals surface area contributed by atoms with Crippen LogP contribution in [0.2, 0.25) is 0 Å². The molecule has 0 saturated carbocycles. The van der Waals surface area contributed by atoms with E-state index in [1.807, 2.05) is 6.07 Å². The lowest BCUT2D eigenvalue weighted by atomic mass is 10.1. The van der Waals surface area contributed by atoms with Crippen molar-refractivity contribution >= 4 is 11.9 Å². The molecule has 0 aliphatic rings. The van der Waals surface area contributed by atoms with Crippen molar-refractivity contribution in [3.05, 3.63) is 35.9 Å². The molecule has 0 bridgehead atoms. The van der Waals surface area contributed by atoms with Crippen molar-refractivity contribution in [1.82, 2.24) is 0 Å². The number of benzene rings is 1. The van der Waals surface area contributed by atoms with Crippen molar-refractivity contribution in [2.75, 3.05) is 26.2 Å². The maximum atomic E-state index is 10.4. The molecule has 1 aromatic rings. The van der Waals surface area contributed by atoms with Crippen LogP contribution in [0.25, 0.3) is 0 Å². The van der Waals surface area contributed by atoms with Crippen LogP contribution in [0, 0.1) is 0 Å². The first-order valence-electron chi connectivity index (χ1n) is 11.7. The van der Waals surface area contributed by atoms with Gasteiger partial charge in [-0.05, 0) is 31.2 Å². The van der Waals surface area contributed by atoms with Gasteiger partial charge in [0.15, 0.2) is 5.97 Å². The van der Waals surface area contributed by atoms with Gasteiger partial charge in [-0.2, -0.15) is 0 Å². The molecule has 172 valence electrons. The van der Waals surface area contributed by atoms with Crippen LogP contribution in [0.15, 0.2) is 30.3 Å². The molecule has 0 amide bonds. The summed E-state index contributed by atoms with van der Waals surface area (Å²) in [5.41, 5.74) is 0.733. The van der Waals surface area contributed by atoms with Crippen molar-refractivity contribution in [2.24, 2.45) is 0 Å². The second-order valence-electron chi connectivity index (χ2n) is 8.00. The summed E-state index contributed by atoms with van der Waals surface area (Å²) >= 11 is 0. The molecule has 0 unspecified atom stereocenters. The first-order valence-corrected chi connectivity index (χ1v) is 11.7. The summed E-state index contributed by atoms with van der Waals surface area (Å²) in [4.78, 5) is 20.4. The number of nitrogens with zero attached hydrogens (tertiary/aromatic N) is 1. The van der Waals surface area contributed by atoms with Crippen LogP contribution in [-0.4, -0.2) is 42.6 Å². The predicted octanol–water partition coefficient (Wildman–Crippen LogP) is 4.48. The Morgan fingerprint density at radius 1 is 0.767 bits per heavy atom. The second-order valence-corrected chi connectivity index (χ2v) is 8.00. The average Bonchev–Trinajstić information content (AvgIpc) is 2.77. The van der Waals surface area contributed by atoms with Crippen molar-refractivity contribution in [1.29, 1.82) is 0 Å². The number of hydrogen-bond donors (Lipinski definition) is 0. The number of carbonyl (C=O) groups excluding carboxylic acids is 2. The zero-order valence-electron chi connectivity index (χ0n) is 19.7. The summed E-state index contributed by atoms with van der Waals surface area (Å²) in [6.07, 6.45) is 11.1. The van der Waals surface area contributed by atoms with E-state index in [9.17, 15) is 14.7 Å². The normalized spacial score (nSPS) is 10.8. The Hall–Kier alpha value is -1.88. The van der Waals surface area contributed by atoms with Gasteiger partial charge >= 0.3 is 5.97 Å². The highest BCUT2D eigenvalue weighted by Crippen LogP contribution is 2.16. The molecule has 0 saturated heterocycles. The van der Waals surface area contributed by atoms with Crippen molar-refractivity contribution in [2.45, 2.75) is 85.7 Å². The van der Waals surface area contributed by atoms with E-state index in [-0.39, 0.29) is 6.61 Å². The Morgan fingerprint density at radius 3 is 1.50 bits per heavy atom. The van der Waals surface area contributed by atoms with E-state index in [4.69, 9.17) is 0 Å². The van der Waals surface area contributed by atoms with E-state index in [0.717, 1.165) is 5.56 Å². The lowest BCUT2D eigenvalue weighted by Crippen LogP contribution is -2.50. The van der Waals surface area contributed by atoms with Crippen molar-refractivity contribution in [3.8, 4) is 0 Å². The zero-order chi connectivity index (χ0) is 22.7. The van der Waals surface area contributed by atoms with E-state index in [1.54, 1.807) is 24.3 Å². The molecule has 0 N–H and O–H groups in total. The minimum atomic E-state index is -1.82. The molecule has 5 nitrogen and oxygen atoms in total. The highest BCUT2D eigenvalue weighted by molar-refractivity contribution is 6.27. The van der Waals surface area contributed by atoms with E-state index in [1.165, 1.54) is 82.0 Å². The summed E-state index contributed by atoms with van der Waals surface area (Å²) in [5, 5.41) is 9.93. The number of carboxylic acids is 1. The van der Waals surface area contributed by atoms with Gasteiger partial charge < -0.3 is 19.1 Å². The summed E-state index contributed by atoms with van der Waals surface area (Å²) in [6, 6.07) is 8.79. The lowest BCUT2D eigenvalue weighted by molar-refractivity contribution is -0.929. The van der Waals surface area contributed by atoms with Crippen LogP contribution >= 0.6 is 0 Å². The summed E-state index contributed by atoms with van der Waals surface area (Å²) in [6.45, 7) is 15.0. The first kappa shape index (κ1) is 28.1. The molecule has 0 radical (unpaired) electrons. The molecule has 0 aliphatic heterocycles. The quantitative estimate of drug-likeness (QED) is 0.252. The number of aliphatic carboxylic acids is 1. The SMILES string of the molecule is CCCC[N+](CCCC)(CCCC)CCCC.O=C([O-])C(=O)OCc1ccccc1. The maximum absolute atomic E-state index is 10.4. The maximum Gasteiger partial charge on any atom is 0.354 e. The van der Waals surface area contributed by atoms with Gasteiger partial charge in [0, 0.05) is 0 Å². The number of ether oxygens (including phenoxy) is 1. The first-order chi connectivity index (χ1) is 14.4. The fourth-order valence-electron chi connectivity index (χ4n) is 3.43. The number of unbranched alkanes of at least 4 members (excludes halogenated alkanes) is 4. The Labute approximate surface area is 184 Å². The molecule has 0 fully saturated rings. The van der Waals surface area contributed by atoms with Crippen LogP contribution in [0.4, 0.5) is 0 Å². The summed E-state index contributed by atoms with van der Waals surface area (Å²) < 4.78 is 5.81.